The highest BCUT2D eigenvalue weighted by Gasteiger charge is 2.27. The molecule has 9 heteroatoms. The lowest BCUT2D eigenvalue weighted by Crippen LogP contribution is -2.40. The average Bonchev–Trinajstić information content (AvgIpc) is 2.78. The van der Waals surface area contributed by atoms with Crippen molar-refractivity contribution >= 4 is 27.5 Å². The molecule has 0 saturated carbocycles. The van der Waals surface area contributed by atoms with Crippen LogP contribution in [0.15, 0.2) is 53.4 Å². The summed E-state index contributed by atoms with van der Waals surface area (Å²) in [5, 5.41) is 3.04. The minimum atomic E-state index is -3.64. The molecule has 0 spiro atoms. The van der Waals surface area contributed by atoms with Crippen molar-refractivity contribution in [2.24, 2.45) is 0 Å². The van der Waals surface area contributed by atoms with Gasteiger partial charge in [0.15, 0.2) is 6.61 Å². The minimum Gasteiger partial charge on any atom is -0.482 e. The Bertz CT molecular complexity index is 979. The van der Waals surface area contributed by atoms with E-state index in [0.29, 0.717) is 26.3 Å². The summed E-state index contributed by atoms with van der Waals surface area (Å²) >= 11 is 6.22. The molecule has 1 N–H and O–H groups in total. The number of hydrogen-bond acceptors (Lipinski definition) is 5. The Morgan fingerprint density at radius 3 is 2.58 bits per heavy atom. The van der Waals surface area contributed by atoms with Crippen molar-refractivity contribution in [2.75, 3.05) is 32.9 Å². The molecule has 0 aliphatic carbocycles. The number of amides is 1. The lowest BCUT2D eigenvalue weighted by molar-refractivity contribution is -0.123. The van der Waals surface area contributed by atoms with Crippen LogP contribution in [0.5, 0.6) is 5.75 Å². The molecule has 0 aromatic heterocycles. The molecule has 1 amide bonds. The Kier molecular flexibility index (Phi) is 8.31. The van der Waals surface area contributed by atoms with Crippen LogP contribution in [-0.2, 0) is 26.0 Å². The molecule has 1 saturated heterocycles. The topological polar surface area (TPSA) is 84.9 Å². The molecule has 0 bridgehead atoms. The highest BCUT2D eigenvalue weighted by molar-refractivity contribution is 7.89. The monoisotopic (exact) mass is 466 g/mol. The van der Waals surface area contributed by atoms with Gasteiger partial charge in [-0.15, -0.1) is 0 Å². The van der Waals surface area contributed by atoms with Gasteiger partial charge in [0.25, 0.3) is 5.91 Å². The van der Waals surface area contributed by atoms with Gasteiger partial charge >= 0.3 is 0 Å². The number of rotatable bonds is 9. The second-order valence-corrected chi connectivity index (χ2v) is 9.74. The van der Waals surface area contributed by atoms with Gasteiger partial charge < -0.3 is 14.8 Å². The van der Waals surface area contributed by atoms with E-state index in [4.69, 9.17) is 21.1 Å². The molecule has 168 valence electrons. The number of ether oxygens (including phenoxy) is 2. The molecule has 1 fully saturated rings. The Labute approximate surface area is 188 Å². The second kappa shape index (κ2) is 10.9. The highest BCUT2D eigenvalue weighted by Crippen LogP contribution is 2.29. The number of aryl methyl sites for hydroxylation is 1. The number of sulfonamides is 1. The van der Waals surface area contributed by atoms with Crippen LogP contribution in [0.25, 0.3) is 0 Å². The number of benzene rings is 2. The largest absolute Gasteiger partial charge is 0.482 e. The maximum Gasteiger partial charge on any atom is 0.258 e. The van der Waals surface area contributed by atoms with Crippen molar-refractivity contribution < 1.29 is 22.7 Å². The number of halogens is 1. The maximum atomic E-state index is 12.7. The molecule has 0 radical (unpaired) electrons. The molecular formula is C22H27ClN2O5S. The van der Waals surface area contributed by atoms with Gasteiger partial charge in [0.1, 0.15) is 5.75 Å². The molecule has 7 nitrogen and oxygen atoms in total. The molecule has 1 heterocycles. The summed E-state index contributed by atoms with van der Waals surface area (Å²) < 4.78 is 37.5. The quantitative estimate of drug-likeness (QED) is 0.614. The predicted octanol–water partition coefficient (Wildman–Crippen LogP) is 2.88. The van der Waals surface area contributed by atoms with E-state index in [0.717, 1.165) is 12.8 Å². The molecule has 1 aliphatic heterocycles. The number of nitrogens with one attached hydrogen (secondary N) is 1. The van der Waals surface area contributed by atoms with Crippen LogP contribution in [0.1, 0.15) is 18.9 Å². The summed E-state index contributed by atoms with van der Waals surface area (Å²) in [5.41, 5.74) is 1.22. The second-order valence-electron chi connectivity index (χ2n) is 7.39. The van der Waals surface area contributed by atoms with Gasteiger partial charge in [-0.25, -0.2) is 8.42 Å². The Hall–Kier alpha value is -2.13. The summed E-state index contributed by atoms with van der Waals surface area (Å²) in [6.45, 7) is 3.09. The van der Waals surface area contributed by atoms with E-state index in [1.807, 2.05) is 25.1 Å². The number of hydrogen-bond donors (Lipinski definition) is 1. The Balaban J connectivity index is 1.50. The zero-order chi connectivity index (χ0) is 22.3. The molecule has 0 unspecified atom stereocenters. The predicted molar refractivity (Wildman–Crippen MR) is 119 cm³/mol. The van der Waals surface area contributed by atoms with Crippen molar-refractivity contribution in [3.05, 3.63) is 59.1 Å². The van der Waals surface area contributed by atoms with Crippen molar-refractivity contribution in [3.8, 4) is 5.75 Å². The van der Waals surface area contributed by atoms with Gasteiger partial charge in [-0.3, -0.25) is 4.79 Å². The average molecular weight is 467 g/mol. The molecular weight excluding hydrogens is 440 g/mol. The summed E-state index contributed by atoms with van der Waals surface area (Å²) in [6.07, 6.45) is 1.68. The van der Waals surface area contributed by atoms with Crippen LogP contribution < -0.4 is 10.1 Å². The van der Waals surface area contributed by atoms with E-state index in [2.05, 4.69) is 17.4 Å². The third-order valence-electron chi connectivity index (χ3n) is 4.99. The van der Waals surface area contributed by atoms with Crippen molar-refractivity contribution in [3.63, 3.8) is 0 Å². The van der Waals surface area contributed by atoms with Crippen molar-refractivity contribution in [1.29, 1.82) is 0 Å². The summed E-state index contributed by atoms with van der Waals surface area (Å²) in [5.74, 6) is -0.00340. The fourth-order valence-corrected chi connectivity index (χ4v) is 4.99. The first kappa shape index (κ1) is 23.5. The smallest absolute Gasteiger partial charge is 0.258 e. The first-order chi connectivity index (χ1) is 14.9. The number of morpholine rings is 1. The third-order valence-corrected chi connectivity index (χ3v) is 7.18. The van der Waals surface area contributed by atoms with Crippen LogP contribution in [0.3, 0.4) is 0 Å². The fourth-order valence-electron chi connectivity index (χ4n) is 3.25. The molecule has 2 aromatic carbocycles. The Morgan fingerprint density at radius 2 is 1.90 bits per heavy atom. The zero-order valence-corrected chi connectivity index (χ0v) is 19.0. The van der Waals surface area contributed by atoms with E-state index in [1.54, 1.807) is 0 Å². The van der Waals surface area contributed by atoms with Crippen LogP contribution in [0, 0.1) is 0 Å². The van der Waals surface area contributed by atoms with Crippen LogP contribution in [-0.4, -0.2) is 57.6 Å². The molecule has 2 aromatic rings. The van der Waals surface area contributed by atoms with Crippen LogP contribution in [0.4, 0.5) is 0 Å². The van der Waals surface area contributed by atoms with Crippen molar-refractivity contribution in [2.45, 2.75) is 30.7 Å². The zero-order valence-electron chi connectivity index (χ0n) is 17.4. The summed E-state index contributed by atoms with van der Waals surface area (Å²) in [6, 6.07) is 14.3. The van der Waals surface area contributed by atoms with Crippen LogP contribution >= 0.6 is 11.6 Å². The van der Waals surface area contributed by atoms with Gasteiger partial charge in [0.05, 0.1) is 23.1 Å². The van der Waals surface area contributed by atoms with E-state index in [-0.39, 0.29) is 34.2 Å². The lowest BCUT2D eigenvalue weighted by Gasteiger charge is -2.26. The van der Waals surface area contributed by atoms with Crippen molar-refractivity contribution in [1.82, 2.24) is 9.62 Å². The van der Waals surface area contributed by atoms with Gasteiger partial charge in [-0.05, 0) is 43.5 Å². The van der Waals surface area contributed by atoms with Gasteiger partial charge in [-0.1, -0.05) is 41.9 Å². The maximum absolute atomic E-state index is 12.7. The Morgan fingerprint density at radius 1 is 1.19 bits per heavy atom. The first-order valence-corrected chi connectivity index (χ1v) is 12.0. The van der Waals surface area contributed by atoms with E-state index in [9.17, 15) is 13.2 Å². The summed E-state index contributed by atoms with van der Waals surface area (Å²) in [7, 11) is -3.64. The third kappa shape index (κ3) is 6.67. The number of carbonyl (C=O) groups is 1. The minimum absolute atomic E-state index is 0.00665. The van der Waals surface area contributed by atoms with E-state index in [1.165, 1.54) is 28.1 Å². The highest BCUT2D eigenvalue weighted by atomic mass is 35.5. The standard InChI is InChI=1S/C22H27ClN2O5S/c1-17(7-8-18-5-3-2-4-6-18)24-22(26)16-30-21-10-9-19(15-20(21)23)31(27,28)25-11-13-29-14-12-25/h2-6,9-10,15,17H,7-8,11-14,16H2,1H3,(H,24,26)/t17-/m0/s1. The van der Waals surface area contributed by atoms with E-state index >= 15 is 0 Å². The van der Waals surface area contributed by atoms with Gasteiger partial charge in [0.2, 0.25) is 10.0 Å². The first-order valence-electron chi connectivity index (χ1n) is 10.2. The normalized spacial score (nSPS) is 15.9. The van der Waals surface area contributed by atoms with Crippen LogP contribution in [0.2, 0.25) is 5.02 Å². The van der Waals surface area contributed by atoms with Gasteiger partial charge in [0, 0.05) is 19.1 Å². The number of nitrogens with zero attached hydrogens (tertiary/aromatic N) is 1. The molecule has 1 aliphatic rings. The molecule has 3 rings (SSSR count). The SMILES string of the molecule is C[C@@H](CCc1ccccc1)NC(=O)COc1ccc(S(=O)(=O)N2CCOCC2)cc1Cl. The lowest BCUT2D eigenvalue weighted by atomic mass is 10.1. The fraction of sp³-hybridized carbons (Fsp3) is 0.409. The summed E-state index contributed by atoms with van der Waals surface area (Å²) in [4.78, 5) is 12.3. The van der Waals surface area contributed by atoms with Gasteiger partial charge in [-0.2, -0.15) is 4.31 Å². The number of carbonyl (C=O) groups excluding carboxylic acids is 1. The van der Waals surface area contributed by atoms with E-state index < -0.39 is 10.0 Å². The molecule has 31 heavy (non-hydrogen) atoms. The molecule has 1 atom stereocenters.